The fourth-order valence-corrected chi connectivity index (χ4v) is 5.50. The predicted octanol–water partition coefficient (Wildman–Crippen LogP) is 3.08. The van der Waals surface area contributed by atoms with Gasteiger partial charge in [-0.05, 0) is 34.9 Å². The van der Waals surface area contributed by atoms with Crippen LogP contribution in [0.5, 0.6) is 0 Å². The summed E-state index contributed by atoms with van der Waals surface area (Å²) >= 11 is 0. The molecule has 0 bridgehead atoms. The molecule has 2 amide bonds. The van der Waals surface area contributed by atoms with Gasteiger partial charge in [-0.2, -0.15) is 0 Å². The summed E-state index contributed by atoms with van der Waals surface area (Å²) in [6.45, 7) is 0.244. The van der Waals surface area contributed by atoms with Gasteiger partial charge in [0.1, 0.15) is 11.9 Å². The van der Waals surface area contributed by atoms with E-state index in [-0.39, 0.29) is 24.7 Å². The van der Waals surface area contributed by atoms with Crippen LogP contribution in [0.25, 0.3) is 0 Å². The number of halogens is 1. The van der Waals surface area contributed by atoms with Crippen LogP contribution in [0.15, 0.2) is 78.9 Å². The molecule has 3 aromatic carbocycles. The summed E-state index contributed by atoms with van der Waals surface area (Å²) < 4.78 is 39.2. The van der Waals surface area contributed by atoms with Crippen LogP contribution < -0.4 is 5.32 Å². The quantitative estimate of drug-likeness (QED) is 0.553. The number of rotatable bonds is 8. The summed E-state index contributed by atoms with van der Waals surface area (Å²) in [4.78, 5) is 27.5. The summed E-state index contributed by atoms with van der Waals surface area (Å²) in [5.74, 6) is -2.07. The molecule has 33 heavy (non-hydrogen) atoms. The molecule has 0 fully saturated rings. The van der Waals surface area contributed by atoms with E-state index in [1.165, 1.54) is 29.2 Å². The van der Waals surface area contributed by atoms with Gasteiger partial charge in [-0.15, -0.1) is 0 Å². The molecule has 0 aliphatic carbocycles. The number of amides is 2. The Morgan fingerprint density at radius 1 is 0.939 bits per heavy atom. The fourth-order valence-electron chi connectivity index (χ4n) is 3.87. The van der Waals surface area contributed by atoms with Crippen molar-refractivity contribution >= 4 is 21.7 Å². The van der Waals surface area contributed by atoms with Gasteiger partial charge in [-0.1, -0.05) is 60.7 Å². The van der Waals surface area contributed by atoms with E-state index < -0.39 is 33.4 Å². The van der Waals surface area contributed by atoms with Crippen LogP contribution in [0.2, 0.25) is 0 Å². The molecule has 0 saturated carbocycles. The Morgan fingerprint density at radius 2 is 1.61 bits per heavy atom. The zero-order valence-corrected chi connectivity index (χ0v) is 18.6. The first kappa shape index (κ1) is 22.7. The number of carbonyl (C=O) groups is 2. The Hall–Kier alpha value is -3.52. The maximum atomic E-state index is 13.2. The molecule has 1 N–H and O–H groups in total. The molecule has 3 aromatic rings. The second-order valence-corrected chi connectivity index (χ2v) is 10.1. The second-order valence-electron chi connectivity index (χ2n) is 7.99. The Labute approximate surface area is 192 Å². The minimum Gasteiger partial charge on any atom is -0.350 e. The van der Waals surface area contributed by atoms with Crippen LogP contribution in [0.3, 0.4) is 0 Å². The van der Waals surface area contributed by atoms with E-state index in [0.717, 1.165) is 5.56 Å². The molecule has 0 aromatic heterocycles. The van der Waals surface area contributed by atoms with Crippen molar-refractivity contribution in [3.8, 4) is 0 Å². The van der Waals surface area contributed by atoms with Gasteiger partial charge in [0, 0.05) is 18.7 Å². The highest BCUT2D eigenvalue weighted by Crippen LogP contribution is 2.25. The summed E-state index contributed by atoms with van der Waals surface area (Å²) in [5, 5.41) is 2.71. The molecule has 170 valence electrons. The van der Waals surface area contributed by atoms with Gasteiger partial charge in [0.25, 0.3) is 5.91 Å². The SMILES string of the molecule is O=C(NCc1ccc(F)cc1)[C@@H](CS(=O)(=O)Cc1ccccc1)N1Cc2ccccc2C1=O. The molecule has 1 atom stereocenters. The number of hydrogen-bond donors (Lipinski definition) is 1. The molecular formula is C25H23FN2O4S. The van der Waals surface area contributed by atoms with Crippen LogP contribution in [0.4, 0.5) is 4.39 Å². The van der Waals surface area contributed by atoms with Crippen LogP contribution in [-0.2, 0) is 33.5 Å². The van der Waals surface area contributed by atoms with E-state index >= 15 is 0 Å². The third-order valence-electron chi connectivity index (χ3n) is 5.55. The number of benzene rings is 3. The number of hydrogen-bond acceptors (Lipinski definition) is 4. The third-order valence-corrected chi connectivity index (χ3v) is 7.15. The lowest BCUT2D eigenvalue weighted by molar-refractivity contribution is -0.125. The van der Waals surface area contributed by atoms with Gasteiger partial charge in [0.15, 0.2) is 9.84 Å². The third kappa shape index (κ3) is 5.46. The van der Waals surface area contributed by atoms with Crippen molar-refractivity contribution in [2.45, 2.75) is 24.9 Å². The zero-order chi connectivity index (χ0) is 23.4. The van der Waals surface area contributed by atoms with Crippen LogP contribution in [0, 0.1) is 5.82 Å². The largest absolute Gasteiger partial charge is 0.350 e. The summed E-state index contributed by atoms with van der Waals surface area (Å²) in [7, 11) is -3.72. The molecule has 0 unspecified atom stereocenters. The molecule has 1 aliphatic heterocycles. The summed E-state index contributed by atoms with van der Waals surface area (Å²) in [5.41, 5.74) is 2.49. The van der Waals surface area contributed by atoms with Crippen molar-refractivity contribution < 1.29 is 22.4 Å². The van der Waals surface area contributed by atoms with Gasteiger partial charge in [0.2, 0.25) is 5.91 Å². The predicted molar refractivity (Wildman–Crippen MR) is 122 cm³/mol. The highest BCUT2D eigenvalue weighted by Gasteiger charge is 2.38. The molecule has 6 nitrogen and oxygen atoms in total. The van der Waals surface area contributed by atoms with Gasteiger partial charge in [0.05, 0.1) is 11.5 Å². The monoisotopic (exact) mass is 466 g/mol. The minimum absolute atomic E-state index is 0.0866. The topological polar surface area (TPSA) is 83.6 Å². The minimum atomic E-state index is -3.72. The van der Waals surface area contributed by atoms with Gasteiger partial charge in [-0.25, -0.2) is 12.8 Å². The van der Waals surface area contributed by atoms with Gasteiger partial charge >= 0.3 is 0 Å². The Kier molecular flexibility index (Phi) is 6.55. The standard InChI is InChI=1S/C25H23FN2O4S/c26-21-12-10-18(11-13-21)14-27-24(29)23(17-33(31,32)16-19-6-2-1-3-7-19)28-15-20-8-4-5-9-22(20)25(28)30/h1-13,23H,14-17H2,(H,27,29)/t23-/m1/s1. The van der Waals surface area contributed by atoms with Crippen molar-refractivity contribution in [3.05, 3.63) is 107 Å². The molecule has 0 saturated heterocycles. The van der Waals surface area contributed by atoms with Crippen LogP contribution in [-0.4, -0.2) is 36.9 Å². The lowest BCUT2D eigenvalue weighted by Crippen LogP contribution is -2.50. The van der Waals surface area contributed by atoms with Crippen molar-refractivity contribution in [2.24, 2.45) is 0 Å². The average molecular weight is 467 g/mol. The van der Waals surface area contributed by atoms with Crippen LogP contribution >= 0.6 is 0 Å². The Balaban J connectivity index is 1.56. The lowest BCUT2D eigenvalue weighted by Gasteiger charge is -2.27. The fraction of sp³-hybridized carbons (Fsp3) is 0.200. The maximum absolute atomic E-state index is 13.2. The summed E-state index contributed by atoms with van der Waals surface area (Å²) in [6.07, 6.45) is 0. The highest BCUT2D eigenvalue weighted by molar-refractivity contribution is 7.90. The first-order valence-corrected chi connectivity index (χ1v) is 12.3. The highest BCUT2D eigenvalue weighted by atomic mass is 32.2. The molecule has 8 heteroatoms. The van der Waals surface area contributed by atoms with E-state index in [1.807, 2.05) is 0 Å². The maximum Gasteiger partial charge on any atom is 0.255 e. The first-order valence-electron chi connectivity index (χ1n) is 10.5. The number of fused-ring (bicyclic) bond motifs is 1. The Morgan fingerprint density at radius 3 is 2.30 bits per heavy atom. The smallest absolute Gasteiger partial charge is 0.255 e. The number of carbonyl (C=O) groups excluding carboxylic acids is 2. The van der Waals surface area contributed by atoms with Crippen molar-refractivity contribution in [3.63, 3.8) is 0 Å². The second kappa shape index (κ2) is 9.54. The van der Waals surface area contributed by atoms with Crippen molar-refractivity contribution in [1.29, 1.82) is 0 Å². The normalized spacial score (nSPS) is 14.1. The molecule has 0 radical (unpaired) electrons. The number of nitrogens with zero attached hydrogens (tertiary/aromatic N) is 1. The van der Waals surface area contributed by atoms with E-state index in [0.29, 0.717) is 16.7 Å². The van der Waals surface area contributed by atoms with Gasteiger partial charge < -0.3 is 10.2 Å². The number of nitrogens with one attached hydrogen (secondary N) is 1. The molecular weight excluding hydrogens is 443 g/mol. The lowest BCUT2D eigenvalue weighted by atomic mass is 10.1. The van der Waals surface area contributed by atoms with E-state index in [9.17, 15) is 22.4 Å². The van der Waals surface area contributed by atoms with E-state index in [1.54, 1.807) is 54.6 Å². The van der Waals surface area contributed by atoms with Crippen molar-refractivity contribution in [2.75, 3.05) is 5.75 Å². The molecule has 1 aliphatic rings. The average Bonchev–Trinajstić information content (AvgIpc) is 3.14. The zero-order valence-electron chi connectivity index (χ0n) is 17.8. The van der Waals surface area contributed by atoms with E-state index in [4.69, 9.17) is 0 Å². The van der Waals surface area contributed by atoms with Crippen molar-refractivity contribution in [1.82, 2.24) is 10.2 Å². The van der Waals surface area contributed by atoms with E-state index in [2.05, 4.69) is 5.32 Å². The van der Waals surface area contributed by atoms with Gasteiger partial charge in [-0.3, -0.25) is 9.59 Å². The number of sulfone groups is 1. The molecule has 0 spiro atoms. The Bertz CT molecular complexity index is 1260. The molecule has 4 rings (SSSR count). The summed E-state index contributed by atoms with van der Waals surface area (Å²) in [6, 6.07) is 20.1. The van der Waals surface area contributed by atoms with Crippen LogP contribution in [0.1, 0.15) is 27.0 Å². The molecule has 1 heterocycles. The first-order chi connectivity index (χ1) is 15.8.